The zero-order chi connectivity index (χ0) is 12.3. The van der Waals surface area contributed by atoms with E-state index in [-0.39, 0.29) is 5.91 Å². The molecule has 5 heteroatoms. The molecule has 0 unspecified atom stereocenters. The molecule has 0 saturated carbocycles. The van der Waals surface area contributed by atoms with Crippen molar-refractivity contribution in [2.24, 2.45) is 0 Å². The summed E-state index contributed by atoms with van der Waals surface area (Å²) in [5, 5.41) is 3.47. The van der Waals surface area contributed by atoms with Crippen LogP contribution in [0.4, 0.5) is 5.69 Å². The number of nitrogens with zero attached hydrogens (tertiary/aromatic N) is 1. The highest BCUT2D eigenvalue weighted by molar-refractivity contribution is 7.09. The topological polar surface area (TPSA) is 42.0 Å². The van der Waals surface area contributed by atoms with E-state index in [0.29, 0.717) is 11.4 Å². The zero-order valence-electron chi connectivity index (χ0n) is 9.24. The fourth-order valence-electron chi connectivity index (χ4n) is 1.38. The van der Waals surface area contributed by atoms with Crippen molar-refractivity contribution in [2.45, 2.75) is 13.3 Å². The smallest absolute Gasteiger partial charge is 0.229 e. The second kappa shape index (κ2) is 5.29. The third kappa shape index (κ3) is 3.28. The summed E-state index contributed by atoms with van der Waals surface area (Å²) in [4.78, 5) is 16.9. The summed E-state index contributed by atoms with van der Waals surface area (Å²) >= 11 is 7.26. The second-order valence-electron chi connectivity index (χ2n) is 3.59. The maximum Gasteiger partial charge on any atom is 0.229 e. The summed E-state index contributed by atoms with van der Waals surface area (Å²) in [5.41, 5.74) is 3.42. The van der Waals surface area contributed by atoms with E-state index in [0.717, 1.165) is 16.3 Å². The van der Waals surface area contributed by atoms with Crippen LogP contribution in [0.5, 0.6) is 0 Å². The van der Waals surface area contributed by atoms with Crippen LogP contribution in [0.15, 0.2) is 29.8 Å². The maximum absolute atomic E-state index is 11.8. The van der Waals surface area contributed by atoms with E-state index < -0.39 is 0 Å². The van der Waals surface area contributed by atoms with Crippen molar-refractivity contribution < 1.29 is 4.79 Å². The molecule has 88 valence electrons. The first-order valence-electron chi connectivity index (χ1n) is 5.09. The number of hydrogen-bond donors (Lipinski definition) is 1. The lowest BCUT2D eigenvalue weighted by molar-refractivity contribution is -0.115. The molecule has 2 aromatic rings. The average Bonchev–Trinajstić information content (AvgIpc) is 2.68. The van der Waals surface area contributed by atoms with Crippen molar-refractivity contribution in [1.82, 2.24) is 4.98 Å². The highest BCUT2D eigenvalue weighted by atomic mass is 35.5. The summed E-state index contributed by atoms with van der Waals surface area (Å²) in [6, 6.07) is 7.05. The number of carbonyl (C=O) groups is 1. The second-order valence-corrected chi connectivity index (χ2v) is 4.97. The monoisotopic (exact) mass is 266 g/mol. The van der Waals surface area contributed by atoms with Gasteiger partial charge in [-0.25, -0.2) is 4.98 Å². The van der Waals surface area contributed by atoms with Crippen LogP contribution < -0.4 is 5.32 Å². The van der Waals surface area contributed by atoms with Crippen LogP contribution in [0.2, 0.25) is 5.02 Å². The Balaban J connectivity index is 1.98. The number of aryl methyl sites for hydroxylation is 1. The number of aromatic nitrogens is 1. The van der Waals surface area contributed by atoms with Crippen LogP contribution in [-0.2, 0) is 11.2 Å². The molecule has 0 atom stereocenters. The fourth-order valence-corrected chi connectivity index (χ4v) is 2.28. The van der Waals surface area contributed by atoms with E-state index in [1.54, 1.807) is 29.8 Å². The van der Waals surface area contributed by atoms with Crippen molar-refractivity contribution in [3.63, 3.8) is 0 Å². The van der Waals surface area contributed by atoms with Crippen LogP contribution in [0, 0.1) is 6.92 Å². The van der Waals surface area contributed by atoms with E-state index in [2.05, 4.69) is 10.3 Å². The van der Waals surface area contributed by atoms with Crippen LogP contribution in [0.3, 0.4) is 0 Å². The minimum atomic E-state index is -0.0420. The van der Waals surface area contributed by atoms with Crippen molar-refractivity contribution in [2.75, 3.05) is 5.32 Å². The molecule has 1 aromatic carbocycles. The number of thiazole rings is 1. The van der Waals surface area contributed by atoms with Gasteiger partial charge in [0.2, 0.25) is 5.91 Å². The normalized spacial score (nSPS) is 10.2. The van der Waals surface area contributed by atoms with Gasteiger partial charge in [-0.05, 0) is 31.2 Å². The van der Waals surface area contributed by atoms with Gasteiger partial charge in [-0.1, -0.05) is 11.6 Å². The summed E-state index contributed by atoms with van der Waals surface area (Å²) in [5.74, 6) is -0.0420. The third-order valence-electron chi connectivity index (χ3n) is 2.29. The molecular formula is C12H11ClN2OS. The summed E-state index contributed by atoms with van der Waals surface area (Å²) in [6.07, 6.45) is 0.360. The largest absolute Gasteiger partial charge is 0.326 e. The van der Waals surface area contributed by atoms with E-state index >= 15 is 0 Å². The Labute approximate surface area is 108 Å². The maximum atomic E-state index is 11.8. The summed E-state index contributed by atoms with van der Waals surface area (Å²) in [7, 11) is 0. The Kier molecular flexibility index (Phi) is 3.76. The van der Waals surface area contributed by atoms with E-state index in [1.165, 1.54) is 11.3 Å². The van der Waals surface area contributed by atoms with Crippen LogP contribution >= 0.6 is 22.9 Å². The Bertz CT molecular complexity index is 522. The molecule has 0 spiro atoms. The number of rotatable bonds is 3. The SMILES string of the molecule is Cc1ncsc1CC(=O)Nc1ccc(Cl)cc1. The Morgan fingerprint density at radius 1 is 1.41 bits per heavy atom. The molecule has 0 radical (unpaired) electrons. The molecule has 1 N–H and O–H groups in total. The van der Waals surface area contributed by atoms with Crippen molar-refractivity contribution in [3.8, 4) is 0 Å². The van der Waals surface area contributed by atoms with Gasteiger partial charge in [0.1, 0.15) is 0 Å². The van der Waals surface area contributed by atoms with Gasteiger partial charge in [0, 0.05) is 15.6 Å². The molecular weight excluding hydrogens is 256 g/mol. The molecule has 0 fully saturated rings. The molecule has 0 saturated heterocycles. The van der Waals surface area contributed by atoms with Crippen molar-refractivity contribution in [1.29, 1.82) is 0 Å². The van der Waals surface area contributed by atoms with Crippen molar-refractivity contribution >= 4 is 34.5 Å². The van der Waals surface area contributed by atoms with Gasteiger partial charge in [-0.2, -0.15) is 0 Å². The fraction of sp³-hybridized carbons (Fsp3) is 0.167. The molecule has 1 heterocycles. The van der Waals surface area contributed by atoms with Gasteiger partial charge < -0.3 is 5.32 Å². The highest BCUT2D eigenvalue weighted by Gasteiger charge is 2.08. The van der Waals surface area contributed by atoms with E-state index in [4.69, 9.17) is 11.6 Å². The van der Waals surface area contributed by atoms with E-state index in [9.17, 15) is 4.79 Å². The summed E-state index contributed by atoms with van der Waals surface area (Å²) < 4.78 is 0. The number of hydrogen-bond acceptors (Lipinski definition) is 3. The predicted octanol–water partition coefficient (Wildman–Crippen LogP) is 3.29. The van der Waals surface area contributed by atoms with Crippen molar-refractivity contribution in [3.05, 3.63) is 45.4 Å². The number of amides is 1. The third-order valence-corrected chi connectivity index (χ3v) is 3.48. The predicted molar refractivity (Wildman–Crippen MR) is 70.6 cm³/mol. The molecule has 3 nitrogen and oxygen atoms in total. The van der Waals surface area contributed by atoms with Crippen LogP contribution in [0.1, 0.15) is 10.6 Å². The van der Waals surface area contributed by atoms with Gasteiger partial charge in [0.25, 0.3) is 0 Å². The number of anilines is 1. The minimum absolute atomic E-state index is 0.0420. The summed E-state index contributed by atoms with van der Waals surface area (Å²) in [6.45, 7) is 1.90. The lowest BCUT2D eigenvalue weighted by Gasteiger charge is -2.04. The number of benzene rings is 1. The quantitative estimate of drug-likeness (QED) is 0.926. The number of halogens is 1. The molecule has 2 rings (SSSR count). The molecule has 0 aliphatic heterocycles. The lowest BCUT2D eigenvalue weighted by atomic mass is 10.2. The number of carbonyl (C=O) groups excluding carboxylic acids is 1. The highest BCUT2D eigenvalue weighted by Crippen LogP contribution is 2.16. The molecule has 1 aromatic heterocycles. The molecule has 0 aliphatic carbocycles. The van der Waals surface area contributed by atoms with Gasteiger partial charge in [0.15, 0.2) is 0 Å². The first kappa shape index (κ1) is 12.1. The molecule has 1 amide bonds. The van der Waals surface area contributed by atoms with Gasteiger partial charge in [-0.15, -0.1) is 11.3 Å². The lowest BCUT2D eigenvalue weighted by Crippen LogP contribution is -2.14. The first-order valence-corrected chi connectivity index (χ1v) is 6.35. The number of nitrogens with one attached hydrogen (secondary N) is 1. The van der Waals surface area contributed by atoms with Gasteiger partial charge in [0.05, 0.1) is 17.6 Å². The molecule has 0 bridgehead atoms. The first-order chi connectivity index (χ1) is 8.15. The Hall–Kier alpha value is -1.39. The molecule has 0 aliphatic rings. The van der Waals surface area contributed by atoms with E-state index in [1.807, 2.05) is 6.92 Å². The van der Waals surface area contributed by atoms with Crippen LogP contribution in [0.25, 0.3) is 0 Å². The Morgan fingerprint density at radius 2 is 2.12 bits per heavy atom. The molecule has 17 heavy (non-hydrogen) atoms. The minimum Gasteiger partial charge on any atom is -0.326 e. The van der Waals surface area contributed by atoms with Gasteiger partial charge >= 0.3 is 0 Å². The Morgan fingerprint density at radius 3 is 2.71 bits per heavy atom. The zero-order valence-corrected chi connectivity index (χ0v) is 10.8. The average molecular weight is 267 g/mol. The van der Waals surface area contributed by atoms with Crippen LogP contribution in [-0.4, -0.2) is 10.9 Å². The van der Waals surface area contributed by atoms with Gasteiger partial charge in [-0.3, -0.25) is 4.79 Å². The standard InChI is InChI=1S/C12H11ClN2OS/c1-8-11(17-7-14-8)6-12(16)15-10-4-2-9(13)3-5-10/h2-5,7H,6H2,1H3,(H,15,16).